The number of primary amides is 1. The van der Waals surface area contributed by atoms with Crippen LogP contribution >= 0.6 is 0 Å². The molecule has 1 saturated carbocycles. The summed E-state index contributed by atoms with van der Waals surface area (Å²) in [6.07, 6.45) is 0.163. The molecular weight excluding hydrogens is 541 g/mol. The van der Waals surface area contributed by atoms with Crippen molar-refractivity contribution in [3.63, 3.8) is 0 Å². The number of fused-ring (bicyclic) bond motifs is 1. The van der Waals surface area contributed by atoms with E-state index in [0.29, 0.717) is 24.1 Å². The largest absolute Gasteiger partial charge is 0.391 e. The van der Waals surface area contributed by atoms with Gasteiger partial charge in [0.05, 0.1) is 29.5 Å². The minimum atomic E-state index is -3.78. The molecule has 1 aromatic carbocycles. The molecule has 40 heavy (non-hydrogen) atoms. The molecule has 3 heterocycles. The summed E-state index contributed by atoms with van der Waals surface area (Å²) in [5, 5.41) is 10.6. The highest BCUT2D eigenvalue weighted by Gasteiger charge is 2.40. The Morgan fingerprint density at radius 2 is 1.98 bits per heavy atom. The van der Waals surface area contributed by atoms with Gasteiger partial charge in [-0.2, -0.15) is 0 Å². The van der Waals surface area contributed by atoms with Crippen LogP contribution in [0, 0.1) is 6.92 Å². The van der Waals surface area contributed by atoms with Gasteiger partial charge in [0.1, 0.15) is 12.7 Å². The fourth-order valence-corrected chi connectivity index (χ4v) is 6.48. The summed E-state index contributed by atoms with van der Waals surface area (Å²) in [5.41, 5.74) is 7.42. The van der Waals surface area contributed by atoms with Gasteiger partial charge in [-0.3, -0.25) is 19.4 Å². The van der Waals surface area contributed by atoms with Crippen LogP contribution in [0.15, 0.2) is 42.6 Å². The molecule has 0 bridgehead atoms. The van der Waals surface area contributed by atoms with Crippen molar-refractivity contribution in [1.82, 2.24) is 19.2 Å². The minimum Gasteiger partial charge on any atom is -0.391 e. The Morgan fingerprint density at radius 1 is 1.23 bits per heavy atom. The normalized spacial score (nSPS) is 20.0. The number of aromatic nitrogens is 2. The summed E-state index contributed by atoms with van der Waals surface area (Å²) in [7, 11) is -3.78. The molecule has 11 nitrogen and oxygen atoms in total. The van der Waals surface area contributed by atoms with E-state index in [2.05, 4.69) is 4.98 Å². The molecular formula is C27H30FN5O6S. The van der Waals surface area contributed by atoms with Gasteiger partial charge < -0.3 is 20.3 Å². The van der Waals surface area contributed by atoms with E-state index in [1.165, 1.54) is 33.9 Å². The van der Waals surface area contributed by atoms with Crippen LogP contribution in [0.25, 0.3) is 10.9 Å². The van der Waals surface area contributed by atoms with Gasteiger partial charge in [-0.15, -0.1) is 0 Å². The fourth-order valence-electron chi connectivity index (χ4n) is 5.18. The molecule has 1 unspecified atom stereocenters. The van der Waals surface area contributed by atoms with Crippen LogP contribution in [-0.2, 0) is 27.8 Å². The van der Waals surface area contributed by atoms with Gasteiger partial charge in [0, 0.05) is 46.9 Å². The van der Waals surface area contributed by atoms with Crippen molar-refractivity contribution in [2.45, 2.75) is 62.7 Å². The number of rotatable bonds is 9. The summed E-state index contributed by atoms with van der Waals surface area (Å²) in [6, 6.07) is 8.87. The van der Waals surface area contributed by atoms with E-state index < -0.39 is 51.3 Å². The quantitative estimate of drug-likeness (QED) is 0.347. The maximum atomic E-state index is 14.5. The molecule has 3 amide bonds. The van der Waals surface area contributed by atoms with E-state index in [1.54, 1.807) is 6.07 Å². The lowest BCUT2D eigenvalue weighted by Crippen LogP contribution is -2.45. The van der Waals surface area contributed by atoms with Gasteiger partial charge in [-0.1, -0.05) is 6.07 Å². The summed E-state index contributed by atoms with van der Waals surface area (Å²) in [6.45, 7) is 1.37. The number of nitrogens with zero attached hydrogens (tertiary/aromatic N) is 3. The highest BCUT2D eigenvalue weighted by molar-refractivity contribution is 7.91. The average Bonchev–Trinajstić information content (AvgIpc) is 3.60. The van der Waals surface area contributed by atoms with Crippen molar-refractivity contribution in [2.75, 3.05) is 6.54 Å². The Bertz CT molecular complexity index is 1600. The molecule has 3 atom stereocenters. The number of nitrogens with one attached hydrogen (secondary N) is 1. The third-order valence-electron chi connectivity index (χ3n) is 7.33. The van der Waals surface area contributed by atoms with Gasteiger partial charge in [0.2, 0.25) is 15.9 Å². The first-order chi connectivity index (χ1) is 18.9. The van der Waals surface area contributed by atoms with E-state index in [4.69, 9.17) is 5.73 Å². The number of benzene rings is 1. The zero-order valence-electron chi connectivity index (χ0n) is 21.8. The third-order valence-corrected chi connectivity index (χ3v) is 9.15. The van der Waals surface area contributed by atoms with Crippen LogP contribution in [0.1, 0.15) is 51.4 Å². The first kappa shape index (κ1) is 27.7. The van der Waals surface area contributed by atoms with Crippen molar-refractivity contribution >= 4 is 38.6 Å². The predicted octanol–water partition coefficient (Wildman–Crippen LogP) is 1.21. The highest BCUT2D eigenvalue weighted by Crippen LogP contribution is 2.29. The number of nitrogens with two attached hydrogens (primary N) is 1. The van der Waals surface area contributed by atoms with E-state index in [1.807, 2.05) is 23.8 Å². The second kappa shape index (κ2) is 10.6. The number of halogens is 1. The first-order valence-electron chi connectivity index (χ1n) is 13.0. The van der Waals surface area contributed by atoms with Gasteiger partial charge in [-0.25, -0.2) is 17.5 Å². The zero-order chi connectivity index (χ0) is 28.8. The molecule has 1 saturated heterocycles. The number of amides is 3. The second-order valence-electron chi connectivity index (χ2n) is 10.4. The van der Waals surface area contributed by atoms with Crippen LogP contribution in [0.3, 0.4) is 0 Å². The minimum absolute atomic E-state index is 0.0102. The number of aliphatic hydroxyl groups is 1. The van der Waals surface area contributed by atoms with E-state index in [-0.39, 0.29) is 42.4 Å². The topological polar surface area (TPSA) is 165 Å². The molecule has 0 radical (unpaired) electrons. The Kier molecular flexibility index (Phi) is 7.36. The number of carbonyl (C=O) groups is 3. The second-order valence-corrected chi connectivity index (χ2v) is 12.4. The van der Waals surface area contributed by atoms with Crippen LogP contribution in [-0.4, -0.2) is 75.8 Å². The van der Waals surface area contributed by atoms with Crippen LogP contribution < -0.4 is 10.5 Å². The van der Waals surface area contributed by atoms with E-state index in [9.17, 15) is 32.3 Å². The van der Waals surface area contributed by atoms with Crippen LogP contribution in [0.4, 0.5) is 4.39 Å². The van der Waals surface area contributed by atoms with Crippen molar-refractivity contribution < 1.29 is 32.3 Å². The molecule has 2 fully saturated rings. The van der Waals surface area contributed by atoms with Crippen molar-refractivity contribution in [3.8, 4) is 0 Å². The highest BCUT2D eigenvalue weighted by atomic mass is 32.2. The maximum Gasteiger partial charge on any atom is 0.264 e. The van der Waals surface area contributed by atoms with Gasteiger partial charge in [-0.05, 0) is 50.1 Å². The maximum absolute atomic E-state index is 14.5. The Morgan fingerprint density at radius 3 is 2.65 bits per heavy atom. The molecule has 1 aliphatic carbocycles. The van der Waals surface area contributed by atoms with Crippen molar-refractivity contribution in [3.05, 3.63) is 65.1 Å². The summed E-state index contributed by atoms with van der Waals surface area (Å²) >= 11 is 0. The number of aryl methyl sites for hydroxylation is 1. The molecule has 3 aromatic rings. The SMILES string of the molecule is Cc1cccc(CC(O)[C@@H]2C[C@@H](F)CN2C(=O)Cn2cc(C(N)=O)c3cc(C(=O)NS(=O)(=O)C4CC4)ccc32)n1. The Balaban J connectivity index is 1.37. The lowest BCUT2D eigenvalue weighted by molar-refractivity contribution is -0.134. The molecule has 1 aliphatic heterocycles. The summed E-state index contributed by atoms with van der Waals surface area (Å²) in [4.78, 5) is 43.9. The summed E-state index contributed by atoms with van der Waals surface area (Å²) < 4.78 is 42.4. The average molecular weight is 572 g/mol. The number of hydrogen-bond donors (Lipinski definition) is 3. The molecule has 13 heteroatoms. The molecule has 0 spiro atoms. The van der Waals surface area contributed by atoms with Gasteiger partial charge >= 0.3 is 0 Å². The van der Waals surface area contributed by atoms with E-state index in [0.717, 1.165) is 5.69 Å². The molecule has 4 N–H and O–H groups in total. The monoisotopic (exact) mass is 571 g/mol. The third kappa shape index (κ3) is 5.70. The number of likely N-dealkylation sites (tertiary alicyclic amines) is 1. The van der Waals surface area contributed by atoms with Crippen LogP contribution in [0.5, 0.6) is 0 Å². The lowest BCUT2D eigenvalue weighted by Gasteiger charge is -2.28. The number of hydrogen-bond acceptors (Lipinski definition) is 7. The molecule has 212 valence electrons. The fraction of sp³-hybridized carbons (Fsp3) is 0.407. The van der Waals surface area contributed by atoms with E-state index >= 15 is 0 Å². The number of alkyl halides is 1. The molecule has 5 rings (SSSR count). The first-order valence-corrected chi connectivity index (χ1v) is 14.5. The molecule has 2 aromatic heterocycles. The number of pyridine rings is 1. The standard InChI is InChI=1S/C27H30FN5O6S/c1-15-3-2-4-18(30-15)11-24(34)23-10-17(28)12-33(23)25(35)14-32-13-21(26(29)36)20-9-16(5-8-22(20)32)27(37)31-40(38,39)19-6-7-19/h2-5,8-9,13,17,19,23-24,34H,6-7,10-12,14H2,1H3,(H2,29,36)(H,31,37)/t17-,23+,24?/m1/s1. The Hall–Kier alpha value is -3.84. The van der Waals surface area contributed by atoms with Crippen molar-refractivity contribution in [2.24, 2.45) is 5.73 Å². The van der Waals surface area contributed by atoms with Gasteiger partial charge in [0.25, 0.3) is 11.8 Å². The number of carbonyl (C=O) groups excluding carboxylic acids is 3. The summed E-state index contributed by atoms with van der Waals surface area (Å²) in [5.74, 6) is -2.10. The molecule has 2 aliphatic rings. The number of sulfonamides is 1. The smallest absolute Gasteiger partial charge is 0.264 e. The van der Waals surface area contributed by atoms with Gasteiger partial charge in [0.15, 0.2) is 0 Å². The van der Waals surface area contributed by atoms with Crippen LogP contribution in [0.2, 0.25) is 0 Å². The zero-order valence-corrected chi connectivity index (χ0v) is 22.6. The number of aliphatic hydroxyl groups excluding tert-OH is 1. The Labute approximate surface area is 230 Å². The van der Waals surface area contributed by atoms with Crippen molar-refractivity contribution in [1.29, 1.82) is 0 Å². The predicted molar refractivity (Wildman–Crippen MR) is 144 cm³/mol. The lowest BCUT2D eigenvalue weighted by atomic mass is 10.0.